The van der Waals surface area contributed by atoms with E-state index in [1.165, 1.54) is 12.8 Å². The number of methoxy groups -OCH3 is 1. The molecule has 1 saturated heterocycles. The van der Waals surface area contributed by atoms with Crippen molar-refractivity contribution in [2.75, 3.05) is 13.7 Å². The highest BCUT2D eigenvalue weighted by Gasteiger charge is 2.45. The van der Waals surface area contributed by atoms with E-state index in [1.807, 2.05) is 30.3 Å². The third-order valence-electron chi connectivity index (χ3n) is 5.51. The second-order valence-electron chi connectivity index (χ2n) is 6.84. The quantitative estimate of drug-likeness (QED) is 0.911. The maximum atomic E-state index is 12.9. The highest BCUT2D eigenvalue weighted by molar-refractivity contribution is 6.00. The molecule has 2 aliphatic rings. The molecule has 2 heterocycles. The second kappa shape index (κ2) is 6.06. The van der Waals surface area contributed by atoms with Gasteiger partial charge in [0.05, 0.1) is 12.6 Å². The van der Waals surface area contributed by atoms with E-state index in [2.05, 4.69) is 15.6 Å². The monoisotopic (exact) mass is 325 g/mol. The lowest BCUT2D eigenvalue weighted by molar-refractivity contribution is 0.0915. The lowest BCUT2D eigenvalue weighted by Gasteiger charge is -2.32. The number of carbonyl (C=O) groups is 1. The number of amides is 1. The zero-order valence-corrected chi connectivity index (χ0v) is 14.0. The van der Waals surface area contributed by atoms with Gasteiger partial charge in [-0.05, 0) is 37.9 Å². The molecule has 1 saturated carbocycles. The average molecular weight is 325 g/mol. The maximum absolute atomic E-state index is 12.9. The van der Waals surface area contributed by atoms with Crippen LogP contribution in [0.4, 0.5) is 0 Å². The molecule has 0 radical (unpaired) electrons. The number of nitrogens with one attached hydrogen (secondary N) is 2. The molecule has 5 nitrogen and oxygen atoms in total. The zero-order chi connectivity index (χ0) is 16.6. The predicted octanol–water partition coefficient (Wildman–Crippen LogP) is 2.65. The number of aromatic nitrogens is 1. The van der Waals surface area contributed by atoms with Gasteiger partial charge in [0, 0.05) is 17.0 Å². The van der Waals surface area contributed by atoms with Crippen molar-refractivity contribution in [2.45, 2.75) is 43.7 Å². The van der Waals surface area contributed by atoms with Gasteiger partial charge in [0.25, 0.3) is 5.91 Å². The molecule has 0 bridgehead atoms. The van der Waals surface area contributed by atoms with Crippen molar-refractivity contribution in [2.24, 2.45) is 0 Å². The van der Waals surface area contributed by atoms with Crippen LogP contribution in [0.1, 0.15) is 42.5 Å². The van der Waals surface area contributed by atoms with Crippen LogP contribution in [-0.2, 0) is 0 Å². The summed E-state index contributed by atoms with van der Waals surface area (Å²) in [6.07, 6.45) is 5.74. The molecule has 1 aromatic heterocycles. The van der Waals surface area contributed by atoms with Gasteiger partial charge in [0.1, 0.15) is 5.56 Å². The summed E-state index contributed by atoms with van der Waals surface area (Å²) in [4.78, 5) is 17.4. The first-order chi connectivity index (χ1) is 11.7. The standard InChI is InChI=1S/C19H23N3O2/c1-24-18-14(12-13-6-2-3-7-15(13)21-18)17(23)22-16-8-11-20-19(16)9-4-5-10-19/h2-3,6-7,12,16,20H,4-5,8-11H2,1H3,(H,22,23). The number of fused-ring (bicyclic) bond motifs is 1. The molecule has 1 unspecified atom stereocenters. The molecule has 2 aromatic rings. The minimum atomic E-state index is -0.0925. The summed E-state index contributed by atoms with van der Waals surface area (Å²) < 4.78 is 5.37. The fourth-order valence-electron chi connectivity index (χ4n) is 4.26. The fraction of sp³-hybridized carbons (Fsp3) is 0.474. The van der Waals surface area contributed by atoms with Crippen LogP contribution in [-0.4, -0.2) is 36.1 Å². The van der Waals surface area contributed by atoms with E-state index >= 15 is 0 Å². The maximum Gasteiger partial charge on any atom is 0.257 e. The molecule has 1 atom stereocenters. The summed E-state index contributed by atoms with van der Waals surface area (Å²) in [5.41, 5.74) is 1.43. The van der Waals surface area contributed by atoms with Crippen LogP contribution in [0.5, 0.6) is 5.88 Å². The van der Waals surface area contributed by atoms with Gasteiger partial charge in [0.2, 0.25) is 5.88 Å². The Balaban J connectivity index is 1.63. The SMILES string of the molecule is COc1nc2ccccc2cc1C(=O)NC1CCNC12CCCC2. The van der Waals surface area contributed by atoms with Gasteiger partial charge < -0.3 is 15.4 Å². The van der Waals surface area contributed by atoms with E-state index < -0.39 is 0 Å². The summed E-state index contributed by atoms with van der Waals surface area (Å²) in [5, 5.41) is 7.83. The Bertz CT molecular complexity index is 763. The zero-order valence-electron chi connectivity index (χ0n) is 14.0. The first kappa shape index (κ1) is 15.4. The number of carbonyl (C=O) groups excluding carboxylic acids is 1. The smallest absolute Gasteiger partial charge is 0.257 e. The molecule has 4 rings (SSSR count). The molecular formula is C19H23N3O2. The summed E-state index contributed by atoms with van der Waals surface area (Å²) in [7, 11) is 1.56. The molecule has 1 amide bonds. The summed E-state index contributed by atoms with van der Waals surface area (Å²) >= 11 is 0. The van der Waals surface area contributed by atoms with Crippen LogP contribution in [0, 0.1) is 0 Å². The first-order valence-electron chi connectivity index (χ1n) is 8.71. The Morgan fingerprint density at radius 3 is 2.92 bits per heavy atom. The van der Waals surface area contributed by atoms with E-state index in [-0.39, 0.29) is 17.5 Å². The third-order valence-corrected chi connectivity index (χ3v) is 5.51. The minimum Gasteiger partial charge on any atom is -0.480 e. The number of pyridine rings is 1. The number of rotatable bonds is 3. The first-order valence-corrected chi connectivity index (χ1v) is 8.71. The second-order valence-corrected chi connectivity index (χ2v) is 6.84. The van der Waals surface area contributed by atoms with Crippen LogP contribution < -0.4 is 15.4 Å². The normalized spacial score (nSPS) is 22.1. The fourth-order valence-corrected chi connectivity index (χ4v) is 4.26. The minimum absolute atomic E-state index is 0.0904. The Morgan fingerprint density at radius 2 is 2.12 bits per heavy atom. The number of nitrogens with zero attached hydrogens (tertiary/aromatic N) is 1. The number of hydrogen-bond acceptors (Lipinski definition) is 4. The van der Waals surface area contributed by atoms with Gasteiger partial charge >= 0.3 is 0 Å². The van der Waals surface area contributed by atoms with Crippen molar-refractivity contribution >= 4 is 16.8 Å². The summed E-state index contributed by atoms with van der Waals surface area (Å²) in [6, 6.07) is 9.83. The van der Waals surface area contributed by atoms with Gasteiger partial charge in [0.15, 0.2) is 0 Å². The molecule has 24 heavy (non-hydrogen) atoms. The van der Waals surface area contributed by atoms with E-state index in [1.54, 1.807) is 7.11 Å². The Hall–Kier alpha value is -2.14. The molecule has 1 aliphatic heterocycles. The third kappa shape index (κ3) is 2.53. The Kier molecular flexibility index (Phi) is 3.88. The predicted molar refractivity (Wildman–Crippen MR) is 93.4 cm³/mol. The average Bonchev–Trinajstić information content (AvgIpc) is 3.24. The molecule has 126 valence electrons. The van der Waals surface area contributed by atoms with Gasteiger partial charge in [-0.15, -0.1) is 0 Å². The van der Waals surface area contributed by atoms with Crippen molar-refractivity contribution in [1.29, 1.82) is 0 Å². The van der Waals surface area contributed by atoms with E-state index in [4.69, 9.17) is 4.74 Å². The van der Waals surface area contributed by atoms with Crippen molar-refractivity contribution in [3.63, 3.8) is 0 Å². The largest absolute Gasteiger partial charge is 0.480 e. The Morgan fingerprint density at radius 1 is 1.33 bits per heavy atom. The lowest BCUT2D eigenvalue weighted by Crippen LogP contribution is -2.53. The molecule has 5 heteroatoms. The van der Waals surface area contributed by atoms with Gasteiger partial charge in [-0.1, -0.05) is 31.0 Å². The van der Waals surface area contributed by atoms with Crippen molar-refractivity contribution in [3.8, 4) is 5.88 Å². The van der Waals surface area contributed by atoms with Crippen LogP contribution in [0.15, 0.2) is 30.3 Å². The number of hydrogen-bond donors (Lipinski definition) is 2. The summed E-state index contributed by atoms with van der Waals surface area (Å²) in [5.74, 6) is 0.294. The van der Waals surface area contributed by atoms with E-state index in [0.717, 1.165) is 36.7 Å². The number of para-hydroxylation sites is 1. The van der Waals surface area contributed by atoms with Gasteiger partial charge in [-0.25, -0.2) is 4.98 Å². The van der Waals surface area contributed by atoms with Crippen molar-refractivity contribution in [3.05, 3.63) is 35.9 Å². The molecule has 2 fully saturated rings. The van der Waals surface area contributed by atoms with E-state index in [9.17, 15) is 4.79 Å². The number of ether oxygens (including phenoxy) is 1. The Labute approximate surface area is 141 Å². The molecular weight excluding hydrogens is 302 g/mol. The topological polar surface area (TPSA) is 63.2 Å². The molecule has 1 aromatic carbocycles. The number of benzene rings is 1. The highest BCUT2D eigenvalue weighted by atomic mass is 16.5. The van der Waals surface area contributed by atoms with Crippen LogP contribution in [0.3, 0.4) is 0 Å². The van der Waals surface area contributed by atoms with Crippen LogP contribution in [0.25, 0.3) is 10.9 Å². The van der Waals surface area contributed by atoms with Crippen LogP contribution in [0.2, 0.25) is 0 Å². The van der Waals surface area contributed by atoms with E-state index in [0.29, 0.717) is 11.4 Å². The van der Waals surface area contributed by atoms with Gasteiger partial charge in [-0.3, -0.25) is 4.79 Å². The van der Waals surface area contributed by atoms with Crippen LogP contribution >= 0.6 is 0 Å². The molecule has 2 N–H and O–H groups in total. The molecule has 1 aliphatic carbocycles. The highest BCUT2D eigenvalue weighted by Crippen LogP contribution is 2.37. The van der Waals surface area contributed by atoms with Crippen molar-refractivity contribution in [1.82, 2.24) is 15.6 Å². The lowest BCUT2D eigenvalue weighted by atomic mass is 9.90. The van der Waals surface area contributed by atoms with Gasteiger partial charge in [-0.2, -0.15) is 0 Å². The molecule has 1 spiro atoms. The van der Waals surface area contributed by atoms with Crippen molar-refractivity contribution < 1.29 is 9.53 Å². The summed E-state index contributed by atoms with van der Waals surface area (Å²) in [6.45, 7) is 0.970.